The monoisotopic (exact) mass is 404 g/mol. The highest BCUT2D eigenvalue weighted by molar-refractivity contribution is 8.00. The minimum atomic E-state index is -0.215. The van der Waals surface area contributed by atoms with Gasteiger partial charge in [0, 0.05) is 0 Å². The summed E-state index contributed by atoms with van der Waals surface area (Å²) in [5.41, 5.74) is 2.73. The fourth-order valence-corrected chi connectivity index (χ4v) is 3.50. The van der Waals surface area contributed by atoms with E-state index in [2.05, 4.69) is 21.4 Å². The summed E-state index contributed by atoms with van der Waals surface area (Å²) in [5, 5.41) is 12.7. The third-order valence-electron chi connectivity index (χ3n) is 4.03. The number of anilines is 1. The molecule has 3 aromatic rings. The first-order valence-electron chi connectivity index (χ1n) is 8.98. The number of hydrogen-bond donors (Lipinski definition) is 1. The molecular weight excluding hydrogens is 384 g/mol. The largest absolute Gasteiger partial charge is 0.455 e. The van der Waals surface area contributed by atoms with Gasteiger partial charge in [0.25, 0.3) is 0 Å². The average molecular weight is 404 g/mol. The summed E-state index contributed by atoms with van der Waals surface area (Å²) in [5.74, 6) is 1.72. The molecule has 29 heavy (non-hydrogen) atoms. The molecule has 0 fully saturated rings. The van der Waals surface area contributed by atoms with Gasteiger partial charge in [0.2, 0.25) is 5.91 Å². The summed E-state index contributed by atoms with van der Waals surface area (Å²) >= 11 is 1.21. The van der Waals surface area contributed by atoms with Crippen LogP contribution in [-0.2, 0) is 4.79 Å². The number of nitriles is 1. The van der Waals surface area contributed by atoms with Gasteiger partial charge in [-0.25, -0.2) is 9.97 Å². The van der Waals surface area contributed by atoms with Crippen LogP contribution in [0.25, 0.3) is 0 Å². The van der Waals surface area contributed by atoms with E-state index >= 15 is 0 Å². The lowest BCUT2D eigenvalue weighted by atomic mass is 10.2. The number of rotatable bonds is 6. The van der Waals surface area contributed by atoms with Gasteiger partial charge >= 0.3 is 0 Å². The van der Waals surface area contributed by atoms with Gasteiger partial charge in [0.1, 0.15) is 28.2 Å². The first-order chi connectivity index (χ1) is 14.0. The lowest BCUT2D eigenvalue weighted by Crippen LogP contribution is -2.15. The molecule has 0 unspecified atom stereocenters. The Morgan fingerprint density at radius 2 is 1.83 bits per heavy atom. The van der Waals surface area contributed by atoms with Crippen molar-refractivity contribution in [2.75, 3.05) is 11.1 Å². The molecule has 1 N–H and O–H groups in total. The summed E-state index contributed by atoms with van der Waals surface area (Å²) in [4.78, 5) is 21.0. The average Bonchev–Trinajstić information content (AvgIpc) is 2.69. The Bertz CT molecular complexity index is 1080. The van der Waals surface area contributed by atoms with E-state index in [1.165, 1.54) is 11.8 Å². The lowest BCUT2D eigenvalue weighted by molar-refractivity contribution is -0.113. The minimum Gasteiger partial charge on any atom is -0.455 e. The Hall–Kier alpha value is -3.37. The highest BCUT2D eigenvalue weighted by Crippen LogP contribution is 2.30. The van der Waals surface area contributed by atoms with Crippen LogP contribution < -0.4 is 10.1 Å². The number of benzene rings is 2. The van der Waals surface area contributed by atoms with Crippen molar-refractivity contribution in [1.82, 2.24) is 9.97 Å². The summed E-state index contributed by atoms with van der Waals surface area (Å²) in [7, 11) is 0. The van der Waals surface area contributed by atoms with Crippen molar-refractivity contribution in [3.8, 4) is 17.6 Å². The zero-order chi connectivity index (χ0) is 20.8. The van der Waals surface area contributed by atoms with Crippen molar-refractivity contribution >= 4 is 23.4 Å². The number of ether oxygens (including phenoxy) is 1. The molecule has 0 radical (unpaired) electrons. The molecule has 2 aromatic carbocycles. The van der Waals surface area contributed by atoms with E-state index in [1.807, 2.05) is 43.3 Å². The molecule has 0 aliphatic rings. The molecule has 1 amide bonds. The number of para-hydroxylation sites is 2. The van der Waals surface area contributed by atoms with E-state index in [-0.39, 0.29) is 11.7 Å². The Balaban J connectivity index is 1.69. The number of hydrogen-bond acceptors (Lipinski definition) is 6. The van der Waals surface area contributed by atoms with E-state index < -0.39 is 0 Å². The Kier molecular flexibility index (Phi) is 6.47. The first kappa shape index (κ1) is 20.4. The maximum Gasteiger partial charge on any atom is 0.234 e. The first-order valence-corrected chi connectivity index (χ1v) is 9.96. The summed E-state index contributed by atoms with van der Waals surface area (Å²) in [6, 6.07) is 17.1. The highest BCUT2D eigenvalue weighted by atomic mass is 32.2. The van der Waals surface area contributed by atoms with Gasteiger partial charge in [-0.05, 0) is 45.0 Å². The van der Waals surface area contributed by atoms with Gasteiger partial charge in [-0.2, -0.15) is 5.26 Å². The van der Waals surface area contributed by atoms with Crippen molar-refractivity contribution in [3.63, 3.8) is 0 Å². The zero-order valence-electron chi connectivity index (χ0n) is 16.4. The molecular formula is C22H20N4O2S. The summed E-state index contributed by atoms with van der Waals surface area (Å²) in [6.45, 7) is 5.53. The molecule has 146 valence electrons. The minimum absolute atomic E-state index is 0.115. The second-order valence-electron chi connectivity index (χ2n) is 6.40. The summed E-state index contributed by atoms with van der Waals surface area (Å²) < 4.78 is 5.91. The van der Waals surface area contributed by atoms with Crippen LogP contribution in [0.4, 0.5) is 5.69 Å². The van der Waals surface area contributed by atoms with E-state index in [0.717, 1.165) is 5.56 Å². The quantitative estimate of drug-likeness (QED) is 0.469. The molecule has 0 aliphatic heterocycles. The summed E-state index contributed by atoms with van der Waals surface area (Å²) in [6.07, 6.45) is 0. The number of nitrogens with zero attached hydrogens (tertiary/aromatic N) is 3. The van der Waals surface area contributed by atoms with Crippen molar-refractivity contribution < 1.29 is 9.53 Å². The molecule has 0 bridgehead atoms. The van der Waals surface area contributed by atoms with Crippen LogP contribution in [0, 0.1) is 32.1 Å². The lowest BCUT2D eigenvalue weighted by Gasteiger charge is -2.12. The number of nitrogens with one attached hydrogen (secondary N) is 1. The molecule has 6 nitrogen and oxygen atoms in total. The topological polar surface area (TPSA) is 87.9 Å². The van der Waals surface area contributed by atoms with E-state index in [9.17, 15) is 10.1 Å². The predicted molar refractivity (Wildman–Crippen MR) is 113 cm³/mol. The van der Waals surface area contributed by atoms with Crippen LogP contribution in [0.15, 0.2) is 53.6 Å². The van der Waals surface area contributed by atoms with Gasteiger partial charge in [-0.1, -0.05) is 41.6 Å². The third kappa shape index (κ3) is 5.33. The van der Waals surface area contributed by atoms with Crippen LogP contribution in [0.2, 0.25) is 0 Å². The fourth-order valence-electron chi connectivity index (χ4n) is 2.63. The Labute approximate surface area is 174 Å². The standard InChI is InChI=1S/C22H20N4O2S/c1-14-8-10-17(11-9-14)28-20-7-5-4-6-19(20)26-21(27)13-29-22-18(12-23)15(2)24-16(3)25-22/h4-11H,13H2,1-3H3,(H,26,27). The van der Waals surface area contributed by atoms with Crippen molar-refractivity contribution in [2.24, 2.45) is 0 Å². The maximum absolute atomic E-state index is 12.5. The number of aryl methyl sites for hydroxylation is 3. The third-order valence-corrected chi connectivity index (χ3v) is 5.01. The van der Waals surface area contributed by atoms with Gasteiger partial charge < -0.3 is 10.1 Å². The van der Waals surface area contributed by atoms with Crippen molar-refractivity contribution in [1.29, 1.82) is 5.26 Å². The van der Waals surface area contributed by atoms with Crippen LogP contribution in [0.5, 0.6) is 11.5 Å². The molecule has 3 rings (SSSR count). The second-order valence-corrected chi connectivity index (χ2v) is 7.36. The molecule has 0 saturated heterocycles. The van der Waals surface area contributed by atoms with Crippen molar-refractivity contribution in [3.05, 3.63) is 71.2 Å². The number of carbonyl (C=O) groups is 1. The van der Waals surface area contributed by atoms with Crippen molar-refractivity contribution in [2.45, 2.75) is 25.8 Å². The second kappa shape index (κ2) is 9.22. The van der Waals surface area contributed by atoms with Gasteiger partial charge in [0.05, 0.1) is 17.1 Å². The number of carbonyl (C=O) groups excluding carboxylic acids is 1. The number of thioether (sulfide) groups is 1. The Morgan fingerprint density at radius 1 is 1.10 bits per heavy atom. The van der Waals surface area contributed by atoms with Crippen LogP contribution in [0.3, 0.4) is 0 Å². The molecule has 1 heterocycles. The smallest absolute Gasteiger partial charge is 0.234 e. The van der Waals surface area contributed by atoms with E-state index in [0.29, 0.717) is 39.3 Å². The molecule has 0 saturated carbocycles. The normalized spacial score (nSPS) is 10.3. The molecule has 0 spiro atoms. The molecule has 0 aliphatic carbocycles. The zero-order valence-corrected chi connectivity index (χ0v) is 17.2. The van der Waals surface area contributed by atoms with E-state index in [1.54, 1.807) is 26.0 Å². The Morgan fingerprint density at radius 3 is 2.55 bits per heavy atom. The molecule has 1 aromatic heterocycles. The maximum atomic E-state index is 12.5. The van der Waals surface area contributed by atoms with Crippen LogP contribution in [0.1, 0.15) is 22.6 Å². The SMILES string of the molecule is Cc1ccc(Oc2ccccc2NC(=O)CSc2nc(C)nc(C)c2C#N)cc1. The molecule has 7 heteroatoms. The van der Waals surface area contributed by atoms with Gasteiger partial charge in [-0.15, -0.1) is 0 Å². The van der Waals surface area contributed by atoms with Gasteiger partial charge in [-0.3, -0.25) is 4.79 Å². The number of amides is 1. The van der Waals surface area contributed by atoms with E-state index in [4.69, 9.17) is 4.74 Å². The highest BCUT2D eigenvalue weighted by Gasteiger charge is 2.14. The van der Waals surface area contributed by atoms with Crippen LogP contribution in [-0.4, -0.2) is 21.6 Å². The number of aromatic nitrogens is 2. The fraction of sp³-hybridized carbons (Fsp3) is 0.182. The predicted octanol–water partition coefficient (Wildman–Crippen LogP) is 4.80. The molecule has 0 atom stereocenters. The van der Waals surface area contributed by atoms with Crippen LogP contribution >= 0.6 is 11.8 Å². The van der Waals surface area contributed by atoms with Gasteiger partial charge in [0.15, 0.2) is 5.75 Å².